The van der Waals surface area contributed by atoms with Crippen LogP contribution < -0.4 is 5.73 Å². The minimum atomic E-state index is -0.209. The predicted octanol–water partition coefficient (Wildman–Crippen LogP) is 0.216. The third-order valence-corrected chi connectivity index (χ3v) is 3.03. The van der Waals surface area contributed by atoms with E-state index in [-0.39, 0.29) is 6.10 Å². The highest BCUT2D eigenvalue weighted by atomic mass is 16.4. The van der Waals surface area contributed by atoms with Crippen molar-refractivity contribution in [3.05, 3.63) is 0 Å². The molecule has 0 amide bonds. The van der Waals surface area contributed by atoms with Crippen LogP contribution in [0.25, 0.3) is 0 Å². The summed E-state index contributed by atoms with van der Waals surface area (Å²) in [5, 5.41) is 20.7. The smallest absolute Gasteiger partial charge is 0.139 e. The van der Waals surface area contributed by atoms with Gasteiger partial charge in [0.2, 0.25) is 0 Å². The van der Waals surface area contributed by atoms with Crippen LogP contribution in [0.4, 0.5) is 0 Å². The largest absolute Gasteiger partial charge is 0.409 e. The summed E-state index contributed by atoms with van der Waals surface area (Å²) in [6, 6.07) is 0. The highest BCUT2D eigenvalue weighted by molar-refractivity contribution is 5.79. The molecular formula is C10H21N3O2. The number of nitrogens with two attached hydrogens (primary N) is 1. The molecule has 1 saturated heterocycles. The Labute approximate surface area is 90.6 Å². The lowest BCUT2D eigenvalue weighted by Crippen LogP contribution is -2.26. The topological polar surface area (TPSA) is 82.1 Å². The molecule has 1 rings (SSSR count). The molecule has 1 fully saturated rings. The summed E-state index contributed by atoms with van der Waals surface area (Å²) in [7, 11) is 0. The van der Waals surface area contributed by atoms with Crippen LogP contribution in [0.5, 0.6) is 0 Å². The van der Waals surface area contributed by atoms with E-state index < -0.39 is 0 Å². The molecule has 4 N–H and O–H groups in total. The summed E-state index contributed by atoms with van der Waals surface area (Å²) in [5.74, 6) is 0.704. The van der Waals surface area contributed by atoms with Gasteiger partial charge in [-0.1, -0.05) is 5.16 Å². The first kappa shape index (κ1) is 12.3. The molecule has 0 aromatic carbocycles. The molecule has 5 heteroatoms. The molecule has 2 unspecified atom stereocenters. The fourth-order valence-electron chi connectivity index (χ4n) is 1.99. The van der Waals surface area contributed by atoms with Crippen molar-refractivity contribution < 1.29 is 10.3 Å². The zero-order valence-electron chi connectivity index (χ0n) is 9.26. The molecule has 0 aromatic rings. The van der Waals surface area contributed by atoms with Crippen molar-refractivity contribution in [2.75, 3.05) is 19.6 Å². The number of likely N-dealkylation sites (tertiary alicyclic amines) is 1. The van der Waals surface area contributed by atoms with Gasteiger partial charge in [-0.15, -0.1) is 0 Å². The fraction of sp³-hybridized carbons (Fsp3) is 0.900. The number of aliphatic hydroxyl groups is 1. The average molecular weight is 215 g/mol. The van der Waals surface area contributed by atoms with Gasteiger partial charge < -0.3 is 20.9 Å². The minimum Gasteiger partial charge on any atom is -0.409 e. The van der Waals surface area contributed by atoms with Crippen LogP contribution in [0.15, 0.2) is 5.16 Å². The summed E-state index contributed by atoms with van der Waals surface area (Å²) in [6.45, 7) is 4.82. The monoisotopic (exact) mass is 215 g/mol. The molecule has 88 valence electrons. The molecule has 15 heavy (non-hydrogen) atoms. The van der Waals surface area contributed by atoms with E-state index in [0.29, 0.717) is 18.2 Å². The Hall–Kier alpha value is -0.810. The van der Waals surface area contributed by atoms with E-state index in [9.17, 15) is 5.11 Å². The van der Waals surface area contributed by atoms with Gasteiger partial charge in [-0.3, -0.25) is 0 Å². The molecule has 1 aliphatic rings. The Bertz CT molecular complexity index is 219. The van der Waals surface area contributed by atoms with Crippen molar-refractivity contribution in [3.8, 4) is 0 Å². The SMILES string of the molecule is CC(O)C1CCN(CCCC(N)=NO)C1. The average Bonchev–Trinajstić information content (AvgIpc) is 2.66. The number of rotatable bonds is 5. The van der Waals surface area contributed by atoms with E-state index >= 15 is 0 Å². The number of amidine groups is 1. The van der Waals surface area contributed by atoms with Crippen molar-refractivity contribution in [2.24, 2.45) is 16.8 Å². The molecule has 5 nitrogen and oxygen atoms in total. The Kier molecular flexibility index (Phi) is 4.84. The van der Waals surface area contributed by atoms with E-state index in [1.165, 1.54) is 0 Å². The number of nitrogens with zero attached hydrogens (tertiary/aromatic N) is 2. The quantitative estimate of drug-likeness (QED) is 0.265. The highest BCUT2D eigenvalue weighted by Gasteiger charge is 2.25. The molecule has 1 heterocycles. The summed E-state index contributed by atoms with van der Waals surface area (Å²) in [5.41, 5.74) is 5.37. The van der Waals surface area contributed by atoms with Crippen molar-refractivity contribution in [1.82, 2.24) is 4.90 Å². The van der Waals surface area contributed by atoms with E-state index in [0.717, 1.165) is 32.5 Å². The van der Waals surface area contributed by atoms with Gasteiger partial charge in [-0.05, 0) is 38.8 Å². The Morgan fingerprint density at radius 1 is 1.67 bits per heavy atom. The van der Waals surface area contributed by atoms with E-state index in [1.54, 1.807) is 0 Å². The first-order valence-corrected chi connectivity index (χ1v) is 5.50. The first-order valence-electron chi connectivity index (χ1n) is 5.50. The highest BCUT2D eigenvalue weighted by Crippen LogP contribution is 2.19. The van der Waals surface area contributed by atoms with Crippen LogP contribution in [-0.2, 0) is 0 Å². The summed E-state index contributed by atoms with van der Waals surface area (Å²) in [4.78, 5) is 2.32. The van der Waals surface area contributed by atoms with E-state index in [2.05, 4.69) is 10.1 Å². The van der Waals surface area contributed by atoms with Gasteiger partial charge in [0.05, 0.1) is 6.10 Å². The maximum Gasteiger partial charge on any atom is 0.139 e. The third-order valence-electron chi connectivity index (χ3n) is 3.03. The zero-order valence-corrected chi connectivity index (χ0v) is 9.26. The van der Waals surface area contributed by atoms with Gasteiger partial charge in [-0.2, -0.15) is 0 Å². The number of hydrogen-bond donors (Lipinski definition) is 3. The van der Waals surface area contributed by atoms with Crippen molar-refractivity contribution in [2.45, 2.75) is 32.3 Å². The van der Waals surface area contributed by atoms with Crippen LogP contribution in [0.2, 0.25) is 0 Å². The maximum absolute atomic E-state index is 9.42. The normalized spacial score (nSPS) is 25.7. The summed E-state index contributed by atoms with van der Waals surface area (Å²) in [6.07, 6.45) is 2.40. The van der Waals surface area contributed by atoms with Crippen LogP contribution in [0.3, 0.4) is 0 Å². The first-order chi connectivity index (χ1) is 7.13. The molecular weight excluding hydrogens is 194 g/mol. The van der Waals surface area contributed by atoms with Crippen molar-refractivity contribution >= 4 is 5.84 Å². The lowest BCUT2D eigenvalue weighted by Gasteiger charge is -2.16. The fourth-order valence-corrected chi connectivity index (χ4v) is 1.99. The van der Waals surface area contributed by atoms with Gasteiger partial charge >= 0.3 is 0 Å². The van der Waals surface area contributed by atoms with Crippen molar-refractivity contribution in [1.29, 1.82) is 0 Å². The standard InChI is InChI=1S/C10H21N3O2/c1-8(14)9-4-6-13(7-9)5-2-3-10(11)12-15/h8-9,14-15H,2-7H2,1H3,(H2,11,12). The Balaban J connectivity index is 2.14. The number of oxime groups is 1. The lowest BCUT2D eigenvalue weighted by atomic mass is 10.0. The molecule has 0 aromatic heterocycles. The molecule has 0 aliphatic carbocycles. The molecule has 0 bridgehead atoms. The van der Waals surface area contributed by atoms with Gasteiger partial charge in [0, 0.05) is 13.0 Å². The van der Waals surface area contributed by atoms with Crippen LogP contribution in [0, 0.1) is 5.92 Å². The van der Waals surface area contributed by atoms with E-state index in [1.807, 2.05) is 6.92 Å². The molecule has 0 spiro atoms. The Morgan fingerprint density at radius 3 is 2.93 bits per heavy atom. The molecule has 0 radical (unpaired) electrons. The lowest BCUT2D eigenvalue weighted by molar-refractivity contribution is 0.128. The summed E-state index contributed by atoms with van der Waals surface area (Å²) < 4.78 is 0. The second-order valence-corrected chi connectivity index (χ2v) is 4.28. The number of hydrogen-bond acceptors (Lipinski definition) is 4. The minimum absolute atomic E-state index is 0.209. The summed E-state index contributed by atoms with van der Waals surface area (Å²) >= 11 is 0. The van der Waals surface area contributed by atoms with Crippen LogP contribution >= 0.6 is 0 Å². The van der Waals surface area contributed by atoms with Crippen LogP contribution in [-0.4, -0.2) is 46.8 Å². The van der Waals surface area contributed by atoms with Gasteiger partial charge in [-0.25, -0.2) is 0 Å². The predicted molar refractivity (Wildman–Crippen MR) is 58.9 cm³/mol. The van der Waals surface area contributed by atoms with Crippen molar-refractivity contribution in [3.63, 3.8) is 0 Å². The van der Waals surface area contributed by atoms with Gasteiger partial charge in [0.15, 0.2) is 0 Å². The van der Waals surface area contributed by atoms with Gasteiger partial charge in [0.25, 0.3) is 0 Å². The molecule has 2 atom stereocenters. The zero-order chi connectivity index (χ0) is 11.3. The van der Waals surface area contributed by atoms with Gasteiger partial charge in [0.1, 0.15) is 5.84 Å². The Morgan fingerprint density at radius 2 is 2.40 bits per heavy atom. The second kappa shape index (κ2) is 5.92. The van der Waals surface area contributed by atoms with E-state index in [4.69, 9.17) is 10.9 Å². The van der Waals surface area contributed by atoms with Crippen LogP contribution in [0.1, 0.15) is 26.2 Å². The second-order valence-electron chi connectivity index (χ2n) is 4.28. The molecule has 0 saturated carbocycles. The number of aliphatic hydroxyl groups excluding tert-OH is 1. The molecule has 1 aliphatic heterocycles. The maximum atomic E-state index is 9.42. The third kappa shape index (κ3) is 4.05.